The summed E-state index contributed by atoms with van der Waals surface area (Å²) in [6, 6.07) is 13.9. The van der Waals surface area contributed by atoms with Crippen LogP contribution in [0.3, 0.4) is 0 Å². The molecule has 1 unspecified atom stereocenters. The van der Waals surface area contributed by atoms with Crippen LogP contribution in [0.25, 0.3) is 0 Å². The van der Waals surface area contributed by atoms with E-state index in [2.05, 4.69) is 0 Å². The second kappa shape index (κ2) is 6.74. The zero-order valence-corrected chi connectivity index (χ0v) is 13.4. The zero-order valence-electron chi connectivity index (χ0n) is 13.4. The second-order valence-electron chi connectivity index (χ2n) is 5.82. The summed E-state index contributed by atoms with van der Waals surface area (Å²) in [7, 11) is 1.62. The van der Waals surface area contributed by atoms with Crippen molar-refractivity contribution in [2.24, 2.45) is 0 Å². The topological polar surface area (TPSA) is 66.8 Å². The molecule has 0 aliphatic carbocycles. The maximum atomic E-state index is 12.9. The number of methoxy groups -OCH3 is 1. The van der Waals surface area contributed by atoms with Crippen molar-refractivity contribution in [1.29, 1.82) is 0 Å². The van der Waals surface area contributed by atoms with Crippen LogP contribution in [0.15, 0.2) is 48.5 Å². The largest absolute Gasteiger partial charge is 0.497 e. The first-order valence-corrected chi connectivity index (χ1v) is 7.88. The van der Waals surface area contributed by atoms with E-state index in [4.69, 9.17) is 9.84 Å². The lowest BCUT2D eigenvalue weighted by Crippen LogP contribution is -2.30. The predicted molar refractivity (Wildman–Crippen MR) is 89.4 cm³/mol. The Labute approximate surface area is 140 Å². The van der Waals surface area contributed by atoms with Gasteiger partial charge in [0.25, 0.3) is 5.91 Å². The van der Waals surface area contributed by atoms with Gasteiger partial charge in [-0.3, -0.25) is 4.79 Å². The predicted octanol–water partition coefficient (Wildman–Crippen LogP) is 3.37. The Morgan fingerprint density at radius 3 is 2.62 bits per heavy atom. The van der Waals surface area contributed by atoms with Crippen molar-refractivity contribution in [3.8, 4) is 5.75 Å². The zero-order chi connectivity index (χ0) is 17.1. The van der Waals surface area contributed by atoms with Gasteiger partial charge in [-0.15, -0.1) is 0 Å². The van der Waals surface area contributed by atoms with Gasteiger partial charge in [0.05, 0.1) is 18.7 Å². The van der Waals surface area contributed by atoms with Gasteiger partial charge >= 0.3 is 5.97 Å². The highest BCUT2D eigenvalue weighted by Gasteiger charge is 2.31. The maximum absolute atomic E-state index is 12.9. The summed E-state index contributed by atoms with van der Waals surface area (Å²) in [5.74, 6) is -0.404. The molecule has 5 heteroatoms. The molecule has 0 bridgehead atoms. The Bertz CT molecular complexity index is 771. The summed E-state index contributed by atoms with van der Waals surface area (Å²) in [6.07, 6.45) is 1.81. The summed E-state index contributed by atoms with van der Waals surface area (Å²) in [5, 5.41) is 9.11. The van der Waals surface area contributed by atoms with Gasteiger partial charge in [0.15, 0.2) is 0 Å². The molecule has 2 aromatic carbocycles. The molecule has 3 rings (SSSR count). The first kappa shape index (κ1) is 16.1. The van der Waals surface area contributed by atoms with Crippen LogP contribution in [0.1, 0.15) is 45.2 Å². The van der Waals surface area contributed by atoms with Crippen LogP contribution in [-0.4, -0.2) is 35.5 Å². The molecular weight excluding hydrogens is 306 g/mol. The van der Waals surface area contributed by atoms with E-state index in [0.717, 1.165) is 24.2 Å². The van der Waals surface area contributed by atoms with Crippen molar-refractivity contribution in [3.63, 3.8) is 0 Å². The molecule has 1 atom stereocenters. The number of aromatic carboxylic acids is 1. The Kier molecular flexibility index (Phi) is 4.51. The smallest absolute Gasteiger partial charge is 0.335 e. The molecule has 1 aliphatic rings. The molecular formula is C19H19NO4. The SMILES string of the molecule is COc1cccc(C2CCCN2C(=O)c2cccc(C(=O)O)c2)c1. The lowest BCUT2D eigenvalue weighted by atomic mass is 10.0. The van der Waals surface area contributed by atoms with E-state index < -0.39 is 5.97 Å². The lowest BCUT2D eigenvalue weighted by Gasteiger charge is -2.25. The van der Waals surface area contributed by atoms with Crippen molar-refractivity contribution in [1.82, 2.24) is 4.90 Å². The number of hydrogen-bond acceptors (Lipinski definition) is 3. The standard InChI is InChI=1S/C19H19NO4/c1-24-16-8-3-5-13(12-16)17-9-4-10-20(17)18(21)14-6-2-7-15(11-14)19(22)23/h2-3,5-8,11-12,17H,4,9-10H2,1H3,(H,22,23). The van der Waals surface area contributed by atoms with Gasteiger partial charge < -0.3 is 14.7 Å². The fraction of sp³-hybridized carbons (Fsp3) is 0.263. The van der Waals surface area contributed by atoms with Crippen molar-refractivity contribution >= 4 is 11.9 Å². The molecule has 1 fully saturated rings. The number of ether oxygens (including phenoxy) is 1. The number of carboxylic acid groups (broad SMARTS) is 1. The van der Waals surface area contributed by atoms with Gasteiger partial charge in [0, 0.05) is 12.1 Å². The molecule has 0 saturated carbocycles. The average Bonchev–Trinajstić information content (AvgIpc) is 3.11. The number of carbonyl (C=O) groups excluding carboxylic acids is 1. The van der Waals surface area contributed by atoms with Crippen LogP contribution in [0, 0.1) is 0 Å². The summed E-state index contributed by atoms with van der Waals surface area (Å²) in [5.41, 5.74) is 1.57. The number of carbonyl (C=O) groups is 2. The van der Waals surface area contributed by atoms with Crippen LogP contribution in [-0.2, 0) is 0 Å². The molecule has 1 N–H and O–H groups in total. The van der Waals surface area contributed by atoms with E-state index in [1.54, 1.807) is 19.2 Å². The van der Waals surface area contributed by atoms with Gasteiger partial charge in [-0.2, -0.15) is 0 Å². The number of nitrogens with zero attached hydrogens (tertiary/aromatic N) is 1. The minimum atomic E-state index is -1.03. The van der Waals surface area contributed by atoms with Gasteiger partial charge in [0.1, 0.15) is 5.75 Å². The third-order valence-electron chi connectivity index (χ3n) is 4.35. The van der Waals surface area contributed by atoms with E-state index >= 15 is 0 Å². The van der Waals surface area contributed by atoms with Crippen LogP contribution in [0.5, 0.6) is 5.75 Å². The number of carboxylic acids is 1. The molecule has 124 valence electrons. The highest BCUT2D eigenvalue weighted by Crippen LogP contribution is 2.34. The first-order valence-electron chi connectivity index (χ1n) is 7.88. The van der Waals surface area contributed by atoms with Gasteiger partial charge in [0.2, 0.25) is 0 Å². The van der Waals surface area contributed by atoms with Crippen LogP contribution >= 0.6 is 0 Å². The van der Waals surface area contributed by atoms with Crippen LogP contribution < -0.4 is 4.74 Å². The van der Waals surface area contributed by atoms with E-state index in [1.165, 1.54) is 12.1 Å². The number of rotatable bonds is 4. The second-order valence-corrected chi connectivity index (χ2v) is 5.82. The Hall–Kier alpha value is -2.82. The van der Waals surface area contributed by atoms with Crippen molar-refractivity contribution in [3.05, 3.63) is 65.2 Å². The Morgan fingerprint density at radius 1 is 1.12 bits per heavy atom. The van der Waals surface area contributed by atoms with Gasteiger partial charge in [-0.1, -0.05) is 18.2 Å². The van der Waals surface area contributed by atoms with E-state index in [-0.39, 0.29) is 17.5 Å². The van der Waals surface area contributed by atoms with Gasteiger partial charge in [-0.25, -0.2) is 4.79 Å². The molecule has 2 aromatic rings. The number of hydrogen-bond donors (Lipinski definition) is 1. The van der Waals surface area contributed by atoms with Crippen molar-refractivity contribution in [2.45, 2.75) is 18.9 Å². The molecule has 0 radical (unpaired) electrons. The Balaban J connectivity index is 1.88. The summed E-state index contributed by atoms with van der Waals surface area (Å²) >= 11 is 0. The highest BCUT2D eigenvalue weighted by molar-refractivity contribution is 5.97. The highest BCUT2D eigenvalue weighted by atomic mass is 16.5. The number of benzene rings is 2. The third-order valence-corrected chi connectivity index (χ3v) is 4.35. The lowest BCUT2D eigenvalue weighted by molar-refractivity contribution is 0.0697. The van der Waals surface area contributed by atoms with Crippen molar-refractivity contribution in [2.75, 3.05) is 13.7 Å². The molecule has 1 saturated heterocycles. The summed E-state index contributed by atoms with van der Waals surface area (Å²) in [4.78, 5) is 25.8. The summed E-state index contributed by atoms with van der Waals surface area (Å²) < 4.78 is 5.27. The maximum Gasteiger partial charge on any atom is 0.335 e. The molecule has 1 amide bonds. The van der Waals surface area contributed by atoms with E-state index in [1.807, 2.05) is 29.2 Å². The fourth-order valence-electron chi connectivity index (χ4n) is 3.16. The van der Waals surface area contributed by atoms with Crippen LogP contribution in [0.4, 0.5) is 0 Å². The van der Waals surface area contributed by atoms with Crippen LogP contribution in [0.2, 0.25) is 0 Å². The molecule has 24 heavy (non-hydrogen) atoms. The monoisotopic (exact) mass is 325 g/mol. The average molecular weight is 325 g/mol. The fourth-order valence-corrected chi connectivity index (χ4v) is 3.16. The van der Waals surface area contributed by atoms with Gasteiger partial charge in [-0.05, 0) is 48.7 Å². The number of amides is 1. The summed E-state index contributed by atoms with van der Waals surface area (Å²) in [6.45, 7) is 0.665. The first-order chi connectivity index (χ1) is 11.6. The van der Waals surface area contributed by atoms with E-state index in [9.17, 15) is 9.59 Å². The minimum absolute atomic E-state index is 0.0129. The quantitative estimate of drug-likeness (QED) is 0.936. The Morgan fingerprint density at radius 2 is 1.88 bits per heavy atom. The molecule has 0 spiro atoms. The van der Waals surface area contributed by atoms with Crippen molar-refractivity contribution < 1.29 is 19.4 Å². The molecule has 1 heterocycles. The third kappa shape index (κ3) is 3.11. The molecule has 0 aromatic heterocycles. The molecule has 5 nitrogen and oxygen atoms in total. The minimum Gasteiger partial charge on any atom is -0.497 e. The number of likely N-dealkylation sites (tertiary alicyclic amines) is 1. The van der Waals surface area contributed by atoms with E-state index in [0.29, 0.717) is 12.1 Å². The normalized spacial score (nSPS) is 16.9. The molecule has 1 aliphatic heterocycles.